The Labute approximate surface area is 157 Å². The lowest BCUT2D eigenvalue weighted by atomic mass is 10.1. The van der Waals surface area contributed by atoms with Crippen molar-refractivity contribution in [1.29, 1.82) is 0 Å². The zero-order valence-electron chi connectivity index (χ0n) is 14.5. The maximum Gasteiger partial charge on any atom is 0.228 e. The van der Waals surface area contributed by atoms with Crippen molar-refractivity contribution < 1.29 is 9.53 Å². The summed E-state index contributed by atoms with van der Waals surface area (Å²) in [6.45, 7) is 5.91. The van der Waals surface area contributed by atoms with Crippen LogP contribution in [0.4, 0.5) is 0 Å². The molecule has 0 spiro atoms. The monoisotopic (exact) mass is 379 g/mol. The van der Waals surface area contributed by atoms with Crippen LogP contribution in [0.15, 0.2) is 23.6 Å². The molecule has 2 aromatic rings. The largest absolute Gasteiger partial charge is 0.496 e. The zero-order chi connectivity index (χ0) is 17.8. The van der Waals surface area contributed by atoms with Gasteiger partial charge in [0.05, 0.1) is 24.2 Å². The van der Waals surface area contributed by atoms with Gasteiger partial charge >= 0.3 is 0 Å². The van der Waals surface area contributed by atoms with Gasteiger partial charge in [0.15, 0.2) is 0 Å². The van der Waals surface area contributed by atoms with E-state index in [9.17, 15) is 4.79 Å². The summed E-state index contributed by atoms with van der Waals surface area (Å²) in [6, 6.07) is 5.68. The first-order valence-electron chi connectivity index (χ1n) is 8.28. The maximum atomic E-state index is 12.4. The number of rotatable bonds is 5. The fraction of sp³-hybridized carbons (Fsp3) is 0.444. The molecule has 1 aliphatic heterocycles. The van der Waals surface area contributed by atoms with Gasteiger partial charge in [-0.2, -0.15) is 0 Å². The average molecular weight is 380 g/mol. The number of ether oxygens (including phenoxy) is 1. The molecular weight excluding hydrogens is 358 g/mol. The number of aromatic nitrogens is 1. The summed E-state index contributed by atoms with van der Waals surface area (Å²) in [6.07, 6.45) is 0.395. The number of carbonyl (C=O) groups excluding carboxylic acids is 1. The number of carbonyl (C=O) groups is 1. The van der Waals surface area contributed by atoms with Crippen LogP contribution in [0.1, 0.15) is 16.3 Å². The summed E-state index contributed by atoms with van der Waals surface area (Å²) in [5.74, 6) is 1.01. The number of methoxy groups -OCH3 is 1. The van der Waals surface area contributed by atoms with Gasteiger partial charge in [-0.25, -0.2) is 4.98 Å². The van der Waals surface area contributed by atoms with E-state index in [1.807, 2.05) is 35.4 Å². The van der Waals surface area contributed by atoms with Gasteiger partial charge in [0.1, 0.15) is 5.75 Å². The molecule has 0 atom stereocenters. The van der Waals surface area contributed by atoms with Crippen LogP contribution in [0.25, 0.3) is 0 Å². The second kappa shape index (κ2) is 8.17. The molecule has 1 aliphatic rings. The number of nitrogens with zero attached hydrogens (tertiary/aromatic N) is 3. The van der Waals surface area contributed by atoms with Crippen molar-refractivity contribution >= 4 is 28.8 Å². The van der Waals surface area contributed by atoms with Crippen LogP contribution in [-0.2, 0) is 17.8 Å². The lowest BCUT2D eigenvalue weighted by Gasteiger charge is -2.35. The molecule has 5 nitrogen and oxygen atoms in total. The van der Waals surface area contributed by atoms with E-state index in [-0.39, 0.29) is 5.91 Å². The van der Waals surface area contributed by atoms with E-state index in [2.05, 4.69) is 9.88 Å². The molecule has 0 saturated carbocycles. The Kier molecular flexibility index (Phi) is 5.93. The molecule has 1 fully saturated rings. The summed E-state index contributed by atoms with van der Waals surface area (Å²) >= 11 is 7.69. The standard InChI is InChI=1S/C18H22ClN3O2S/c1-13-20-16(12-25-13)10-18(23)22-7-5-21(6-8-22)11-14-9-15(19)3-4-17(14)24-2/h3-4,9,12H,5-8,10-11H2,1-2H3. The van der Waals surface area contributed by atoms with Gasteiger partial charge in [0.25, 0.3) is 0 Å². The number of benzene rings is 1. The molecule has 0 unspecified atom stereocenters. The molecule has 3 rings (SSSR count). The van der Waals surface area contributed by atoms with Gasteiger partial charge in [-0.1, -0.05) is 11.6 Å². The lowest BCUT2D eigenvalue weighted by molar-refractivity contribution is -0.132. The Morgan fingerprint density at radius 2 is 2.08 bits per heavy atom. The predicted octanol–water partition coefficient (Wildman–Crippen LogP) is 3.00. The molecule has 0 bridgehead atoms. The van der Waals surface area contributed by atoms with Crippen LogP contribution in [0.3, 0.4) is 0 Å². The lowest BCUT2D eigenvalue weighted by Crippen LogP contribution is -2.48. The minimum absolute atomic E-state index is 0.158. The third-order valence-electron chi connectivity index (χ3n) is 4.36. The Hall–Kier alpha value is -1.63. The van der Waals surface area contributed by atoms with Gasteiger partial charge < -0.3 is 9.64 Å². The van der Waals surface area contributed by atoms with Crippen molar-refractivity contribution in [3.63, 3.8) is 0 Å². The van der Waals surface area contributed by atoms with Gasteiger partial charge in [0, 0.05) is 48.7 Å². The Morgan fingerprint density at radius 1 is 1.32 bits per heavy atom. The van der Waals surface area contributed by atoms with Crippen LogP contribution in [0.2, 0.25) is 5.02 Å². The van der Waals surface area contributed by atoms with Crippen molar-refractivity contribution in [2.24, 2.45) is 0 Å². The van der Waals surface area contributed by atoms with Crippen LogP contribution in [0, 0.1) is 6.92 Å². The molecular formula is C18H22ClN3O2S. The third kappa shape index (κ3) is 4.71. The molecule has 25 heavy (non-hydrogen) atoms. The van der Waals surface area contributed by atoms with Crippen LogP contribution in [-0.4, -0.2) is 54.0 Å². The first-order valence-corrected chi connectivity index (χ1v) is 9.54. The number of hydrogen-bond acceptors (Lipinski definition) is 5. The SMILES string of the molecule is COc1ccc(Cl)cc1CN1CCN(C(=O)Cc2csc(C)n2)CC1. The van der Waals surface area contributed by atoms with Crippen molar-refractivity contribution in [2.45, 2.75) is 19.9 Å². The van der Waals surface area contributed by atoms with Crippen LogP contribution >= 0.6 is 22.9 Å². The van der Waals surface area contributed by atoms with Gasteiger partial charge in [-0.05, 0) is 25.1 Å². The Balaban J connectivity index is 1.53. The summed E-state index contributed by atoms with van der Waals surface area (Å²) in [5, 5.41) is 3.68. The second-order valence-corrected chi connectivity index (χ2v) is 7.65. The topological polar surface area (TPSA) is 45.7 Å². The normalized spacial score (nSPS) is 15.4. The highest BCUT2D eigenvalue weighted by Gasteiger charge is 2.22. The summed E-state index contributed by atoms with van der Waals surface area (Å²) in [4.78, 5) is 21.1. The number of hydrogen-bond donors (Lipinski definition) is 0. The quantitative estimate of drug-likeness (QED) is 0.801. The molecule has 1 aromatic carbocycles. The minimum atomic E-state index is 0.158. The van der Waals surface area contributed by atoms with E-state index in [0.717, 1.165) is 54.7 Å². The van der Waals surface area contributed by atoms with Gasteiger partial charge in [0.2, 0.25) is 5.91 Å². The summed E-state index contributed by atoms with van der Waals surface area (Å²) in [5.41, 5.74) is 1.95. The molecule has 1 saturated heterocycles. The van der Waals surface area contributed by atoms with E-state index in [4.69, 9.17) is 16.3 Å². The predicted molar refractivity (Wildman–Crippen MR) is 100 cm³/mol. The van der Waals surface area contributed by atoms with E-state index in [1.165, 1.54) is 0 Å². The Morgan fingerprint density at radius 3 is 2.72 bits per heavy atom. The smallest absolute Gasteiger partial charge is 0.228 e. The molecule has 0 radical (unpaired) electrons. The molecule has 2 heterocycles. The number of thiazole rings is 1. The first kappa shape index (κ1) is 18.2. The highest BCUT2D eigenvalue weighted by atomic mass is 35.5. The molecule has 0 N–H and O–H groups in total. The van der Waals surface area contributed by atoms with Crippen LogP contribution in [0.5, 0.6) is 5.75 Å². The van der Waals surface area contributed by atoms with Crippen molar-refractivity contribution in [1.82, 2.24) is 14.8 Å². The fourth-order valence-electron chi connectivity index (χ4n) is 3.02. The minimum Gasteiger partial charge on any atom is -0.496 e. The van der Waals surface area contributed by atoms with Crippen LogP contribution < -0.4 is 4.74 Å². The Bertz CT molecular complexity index is 742. The third-order valence-corrected chi connectivity index (χ3v) is 5.42. The highest BCUT2D eigenvalue weighted by Crippen LogP contribution is 2.24. The fourth-order valence-corrected chi connectivity index (χ4v) is 3.83. The van der Waals surface area contributed by atoms with E-state index >= 15 is 0 Å². The van der Waals surface area contributed by atoms with Crippen molar-refractivity contribution in [2.75, 3.05) is 33.3 Å². The number of aryl methyl sites for hydroxylation is 1. The maximum absolute atomic E-state index is 12.4. The van der Waals surface area contributed by atoms with Gasteiger partial charge in [-0.3, -0.25) is 9.69 Å². The number of piperazine rings is 1. The van der Waals surface area contributed by atoms with E-state index < -0.39 is 0 Å². The van der Waals surface area contributed by atoms with Crippen molar-refractivity contribution in [3.8, 4) is 5.75 Å². The average Bonchev–Trinajstić information content (AvgIpc) is 3.00. The molecule has 134 valence electrons. The molecule has 7 heteroatoms. The zero-order valence-corrected chi connectivity index (χ0v) is 16.1. The second-order valence-electron chi connectivity index (χ2n) is 6.15. The molecule has 0 aliphatic carbocycles. The number of halogens is 1. The summed E-state index contributed by atoms with van der Waals surface area (Å²) < 4.78 is 5.41. The van der Waals surface area contributed by atoms with Crippen molar-refractivity contribution in [3.05, 3.63) is 44.9 Å². The molecule has 1 amide bonds. The number of amides is 1. The first-order chi connectivity index (χ1) is 12.0. The van der Waals surface area contributed by atoms with Gasteiger partial charge in [-0.15, -0.1) is 11.3 Å². The highest BCUT2D eigenvalue weighted by molar-refractivity contribution is 7.09. The van der Waals surface area contributed by atoms with E-state index in [1.54, 1.807) is 18.4 Å². The molecule has 1 aromatic heterocycles. The summed E-state index contributed by atoms with van der Waals surface area (Å²) in [7, 11) is 1.67. The van der Waals surface area contributed by atoms with E-state index in [0.29, 0.717) is 11.4 Å².